The Hall–Kier alpha value is -4.06. The van der Waals surface area contributed by atoms with Gasteiger partial charge in [-0.2, -0.15) is 0 Å². The molecule has 2 aromatic rings. The van der Waals surface area contributed by atoms with Crippen LogP contribution in [0, 0.1) is 10.1 Å². The summed E-state index contributed by atoms with van der Waals surface area (Å²) in [7, 11) is -3.36. The molecule has 0 aliphatic carbocycles. The largest absolute Gasteiger partial charge is 0.380 e. The first-order chi connectivity index (χ1) is 15.1. The molecule has 2 aromatic carbocycles. The Morgan fingerprint density at radius 2 is 1.88 bits per heavy atom. The second-order valence-electron chi connectivity index (χ2n) is 7.02. The van der Waals surface area contributed by atoms with Gasteiger partial charge in [0.25, 0.3) is 11.6 Å². The number of dihydropyridines is 1. The molecule has 0 aromatic heterocycles. The number of carbonyl (C=O) groups excluding carboxylic acids is 1. The fraction of sp³-hybridized carbons (Fsp3) is 0.150. The number of nitro groups is 1. The number of nitrogens with zero attached hydrogens (tertiary/aromatic N) is 1. The molecule has 0 saturated carbocycles. The lowest BCUT2D eigenvalue weighted by atomic mass is 10.1. The van der Waals surface area contributed by atoms with Crippen LogP contribution in [0.1, 0.15) is 5.56 Å². The van der Waals surface area contributed by atoms with Crippen LogP contribution in [-0.4, -0.2) is 31.7 Å². The van der Waals surface area contributed by atoms with Crippen LogP contribution >= 0.6 is 0 Å². The molecule has 0 saturated heterocycles. The first kappa shape index (κ1) is 22.6. The topological polar surface area (TPSA) is 168 Å². The maximum atomic E-state index is 11.8. The predicted octanol–water partition coefficient (Wildman–Crippen LogP) is 1.35. The molecule has 1 atom stereocenters. The van der Waals surface area contributed by atoms with E-state index >= 15 is 0 Å². The van der Waals surface area contributed by atoms with E-state index in [9.17, 15) is 23.3 Å². The van der Waals surface area contributed by atoms with E-state index in [-0.39, 0.29) is 17.8 Å². The molecule has 1 heterocycles. The van der Waals surface area contributed by atoms with Gasteiger partial charge in [-0.25, -0.2) is 8.42 Å². The Labute approximate surface area is 184 Å². The highest BCUT2D eigenvalue weighted by Crippen LogP contribution is 2.19. The van der Waals surface area contributed by atoms with Gasteiger partial charge in [-0.3, -0.25) is 19.6 Å². The van der Waals surface area contributed by atoms with Gasteiger partial charge in [-0.1, -0.05) is 12.1 Å². The molecule has 0 radical (unpaired) electrons. The second-order valence-corrected chi connectivity index (χ2v) is 8.77. The molecule has 1 aliphatic heterocycles. The Bertz CT molecular complexity index is 1190. The van der Waals surface area contributed by atoms with Crippen LogP contribution < -0.4 is 26.4 Å². The third-order valence-electron chi connectivity index (χ3n) is 4.41. The standard InChI is InChI=1S/C20H22N6O5S/c1-32(30,31)25-15-7-5-14(6-8-15)24-19-10-18(17(12-23-19)20(21)27)22-11-13-3-2-4-16(9-13)26(28)29/h2-10,12,19,22-25H,11H2,1H3,(H2,21,27). The molecule has 11 nitrogen and oxygen atoms in total. The minimum Gasteiger partial charge on any atom is -0.380 e. The van der Waals surface area contributed by atoms with E-state index in [0.29, 0.717) is 22.6 Å². The number of hydrogen-bond acceptors (Lipinski definition) is 8. The summed E-state index contributed by atoms with van der Waals surface area (Å²) in [5.74, 6) is -0.634. The Balaban J connectivity index is 1.71. The van der Waals surface area contributed by atoms with E-state index in [4.69, 9.17) is 5.73 Å². The smallest absolute Gasteiger partial charge is 0.269 e. The summed E-state index contributed by atoms with van der Waals surface area (Å²) in [5, 5.41) is 20.3. The molecule has 6 N–H and O–H groups in total. The van der Waals surface area contributed by atoms with Crippen molar-refractivity contribution in [2.75, 3.05) is 16.3 Å². The minimum absolute atomic E-state index is 0.0254. The maximum Gasteiger partial charge on any atom is 0.269 e. The van der Waals surface area contributed by atoms with Gasteiger partial charge in [0.05, 0.1) is 16.8 Å². The molecule has 168 valence electrons. The van der Waals surface area contributed by atoms with Crippen LogP contribution in [0.2, 0.25) is 0 Å². The van der Waals surface area contributed by atoms with Crippen molar-refractivity contribution >= 4 is 33.0 Å². The monoisotopic (exact) mass is 458 g/mol. The molecular formula is C20H22N6O5S. The molecule has 1 amide bonds. The molecule has 1 unspecified atom stereocenters. The van der Waals surface area contributed by atoms with Gasteiger partial charge >= 0.3 is 0 Å². The van der Waals surface area contributed by atoms with Crippen molar-refractivity contribution in [1.82, 2.24) is 10.6 Å². The van der Waals surface area contributed by atoms with Gasteiger partial charge < -0.3 is 21.7 Å². The maximum absolute atomic E-state index is 11.8. The predicted molar refractivity (Wildman–Crippen MR) is 121 cm³/mol. The van der Waals surface area contributed by atoms with E-state index in [1.54, 1.807) is 42.5 Å². The lowest BCUT2D eigenvalue weighted by molar-refractivity contribution is -0.384. The van der Waals surface area contributed by atoms with Crippen molar-refractivity contribution < 1.29 is 18.1 Å². The number of nitrogens with one attached hydrogen (secondary N) is 4. The lowest BCUT2D eigenvalue weighted by Crippen LogP contribution is -2.38. The summed E-state index contributed by atoms with van der Waals surface area (Å²) in [4.78, 5) is 22.3. The molecule has 3 rings (SSSR count). The van der Waals surface area contributed by atoms with Gasteiger partial charge in [-0.15, -0.1) is 0 Å². The van der Waals surface area contributed by atoms with Crippen molar-refractivity contribution in [3.8, 4) is 0 Å². The molecular weight excluding hydrogens is 436 g/mol. The number of benzene rings is 2. The second kappa shape index (κ2) is 9.39. The zero-order valence-electron chi connectivity index (χ0n) is 17.0. The van der Waals surface area contributed by atoms with Crippen molar-refractivity contribution in [3.63, 3.8) is 0 Å². The van der Waals surface area contributed by atoms with E-state index in [1.165, 1.54) is 18.3 Å². The van der Waals surface area contributed by atoms with Crippen molar-refractivity contribution in [2.45, 2.75) is 12.7 Å². The van der Waals surface area contributed by atoms with Gasteiger partial charge in [0, 0.05) is 41.9 Å². The zero-order valence-corrected chi connectivity index (χ0v) is 17.8. The van der Waals surface area contributed by atoms with Crippen molar-refractivity contribution in [1.29, 1.82) is 0 Å². The SMILES string of the molecule is CS(=O)(=O)Nc1ccc(NC2C=C(NCc3cccc([N+](=O)[O-])c3)C(C(N)=O)=CN2)cc1. The highest BCUT2D eigenvalue weighted by molar-refractivity contribution is 7.92. The average Bonchev–Trinajstić information content (AvgIpc) is 2.73. The van der Waals surface area contributed by atoms with Crippen LogP contribution in [0.4, 0.5) is 17.1 Å². The highest BCUT2D eigenvalue weighted by atomic mass is 32.2. The summed E-state index contributed by atoms with van der Waals surface area (Å²) < 4.78 is 25.0. The Kier molecular flexibility index (Phi) is 6.64. The minimum atomic E-state index is -3.36. The van der Waals surface area contributed by atoms with E-state index in [2.05, 4.69) is 20.7 Å². The summed E-state index contributed by atoms with van der Waals surface area (Å²) in [6.45, 7) is 0.247. The fourth-order valence-electron chi connectivity index (χ4n) is 3.00. The van der Waals surface area contributed by atoms with E-state index < -0.39 is 27.0 Å². The number of nitro benzene ring substituents is 1. The van der Waals surface area contributed by atoms with Crippen LogP contribution in [0.5, 0.6) is 0 Å². The summed E-state index contributed by atoms with van der Waals surface area (Å²) >= 11 is 0. The number of carbonyl (C=O) groups is 1. The molecule has 12 heteroatoms. The third-order valence-corrected chi connectivity index (χ3v) is 5.02. The van der Waals surface area contributed by atoms with Crippen LogP contribution in [-0.2, 0) is 21.4 Å². The zero-order chi connectivity index (χ0) is 23.3. The number of hydrogen-bond donors (Lipinski definition) is 5. The molecule has 0 spiro atoms. The quantitative estimate of drug-likeness (QED) is 0.277. The fourth-order valence-corrected chi connectivity index (χ4v) is 3.57. The number of sulfonamides is 1. The van der Waals surface area contributed by atoms with Gasteiger partial charge in [0.15, 0.2) is 0 Å². The highest BCUT2D eigenvalue weighted by Gasteiger charge is 2.19. The Morgan fingerprint density at radius 3 is 2.50 bits per heavy atom. The van der Waals surface area contributed by atoms with Crippen molar-refractivity contribution in [2.24, 2.45) is 5.73 Å². The number of rotatable bonds is 9. The van der Waals surface area contributed by atoms with Gasteiger partial charge in [0.2, 0.25) is 10.0 Å². The van der Waals surface area contributed by atoms with Crippen LogP contribution in [0.3, 0.4) is 0 Å². The van der Waals surface area contributed by atoms with E-state index in [1.807, 2.05) is 0 Å². The molecule has 0 bridgehead atoms. The van der Waals surface area contributed by atoms with Crippen LogP contribution in [0.25, 0.3) is 0 Å². The number of amides is 1. The first-order valence-electron chi connectivity index (χ1n) is 9.40. The first-order valence-corrected chi connectivity index (χ1v) is 11.3. The summed E-state index contributed by atoms with van der Waals surface area (Å²) in [6, 6.07) is 12.8. The number of anilines is 2. The van der Waals surface area contributed by atoms with E-state index in [0.717, 1.165) is 6.26 Å². The molecule has 32 heavy (non-hydrogen) atoms. The lowest BCUT2D eigenvalue weighted by Gasteiger charge is -2.25. The van der Waals surface area contributed by atoms with Crippen LogP contribution in [0.15, 0.2) is 72.1 Å². The van der Waals surface area contributed by atoms with Gasteiger partial charge in [-0.05, 0) is 35.9 Å². The summed E-state index contributed by atoms with van der Waals surface area (Å²) in [5.41, 5.74) is 7.94. The normalized spacial score (nSPS) is 15.6. The third kappa shape index (κ3) is 6.22. The summed E-state index contributed by atoms with van der Waals surface area (Å²) in [6.07, 6.45) is 3.87. The number of primary amides is 1. The molecule has 0 fully saturated rings. The van der Waals surface area contributed by atoms with Gasteiger partial charge in [0.1, 0.15) is 6.17 Å². The Morgan fingerprint density at radius 1 is 1.19 bits per heavy atom. The number of nitrogens with two attached hydrogens (primary N) is 1. The molecule has 1 aliphatic rings. The average molecular weight is 459 g/mol. The van der Waals surface area contributed by atoms with Crippen molar-refractivity contribution in [3.05, 3.63) is 87.8 Å². The number of non-ortho nitro benzene ring substituents is 1.